The van der Waals surface area contributed by atoms with Gasteiger partial charge in [0.25, 0.3) is 0 Å². The highest BCUT2D eigenvalue weighted by Crippen LogP contribution is 2.19. The minimum atomic E-state index is -0.00999. The van der Waals surface area contributed by atoms with Gasteiger partial charge in [-0.05, 0) is 19.8 Å². The molecule has 17 heavy (non-hydrogen) atoms. The molecule has 0 aliphatic carbocycles. The Bertz CT molecular complexity index is 313. The molecule has 0 spiro atoms. The molecule has 1 heterocycles. The topological polar surface area (TPSA) is 47.0 Å². The second-order valence-corrected chi connectivity index (χ2v) is 4.02. The summed E-state index contributed by atoms with van der Waals surface area (Å²) >= 11 is 0. The molecule has 0 saturated heterocycles. The first kappa shape index (κ1) is 13.9. The fourth-order valence-electron chi connectivity index (χ4n) is 1.77. The van der Waals surface area contributed by atoms with Crippen LogP contribution in [0.25, 0.3) is 0 Å². The summed E-state index contributed by atoms with van der Waals surface area (Å²) in [6.07, 6.45) is 2.95. The third-order valence-electron chi connectivity index (χ3n) is 2.60. The summed E-state index contributed by atoms with van der Waals surface area (Å²) < 4.78 is 5.40. The number of aromatic nitrogens is 2. The minimum Gasteiger partial charge on any atom is -0.373 e. The van der Waals surface area contributed by atoms with E-state index in [1.165, 1.54) is 0 Å². The molecule has 0 amide bonds. The monoisotopic (exact) mass is 237 g/mol. The molecule has 96 valence electrons. The van der Waals surface area contributed by atoms with Crippen molar-refractivity contribution in [3.05, 3.63) is 17.6 Å². The predicted molar refractivity (Wildman–Crippen MR) is 70.2 cm³/mol. The number of hydrogen-bond acceptors (Lipinski definition) is 4. The van der Waals surface area contributed by atoms with Crippen molar-refractivity contribution in [2.24, 2.45) is 0 Å². The number of nitrogens with zero attached hydrogens (tertiary/aromatic N) is 2. The SMILES string of the molecule is CCCc1cc(NCC)nc(C(CC)OC)n1. The van der Waals surface area contributed by atoms with Crippen LogP contribution in [0, 0.1) is 0 Å². The molecule has 0 aliphatic rings. The van der Waals surface area contributed by atoms with E-state index in [4.69, 9.17) is 4.74 Å². The van der Waals surface area contributed by atoms with Gasteiger partial charge in [-0.15, -0.1) is 0 Å². The van der Waals surface area contributed by atoms with Crippen molar-refractivity contribution in [2.75, 3.05) is 19.0 Å². The first-order chi connectivity index (χ1) is 8.24. The fraction of sp³-hybridized carbons (Fsp3) is 0.692. The van der Waals surface area contributed by atoms with Gasteiger partial charge in [-0.1, -0.05) is 20.3 Å². The van der Waals surface area contributed by atoms with Crippen molar-refractivity contribution in [2.45, 2.75) is 46.1 Å². The Morgan fingerprint density at radius 1 is 1.29 bits per heavy atom. The normalized spacial score (nSPS) is 12.5. The van der Waals surface area contributed by atoms with Crippen molar-refractivity contribution in [1.29, 1.82) is 0 Å². The van der Waals surface area contributed by atoms with Crippen LogP contribution < -0.4 is 5.32 Å². The summed E-state index contributed by atoms with van der Waals surface area (Å²) in [7, 11) is 1.71. The minimum absolute atomic E-state index is 0.00999. The van der Waals surface area contributed by atoms with E-state index in [0.717, 1.165) is 43.1 Å². The van der Waals surface area contributed by atoms with E-state index in [1.807, 2.05) is 6.07 Å². The van der Waals surface area contributed by atoms with Crippen molar-refractivity contribution < 1.29 is 4.74 Å². The van der Waals surface area contributed by atoms with Crippen molar-refractivity contribution in [3.63, 3.8) is 0 Å². The second-order valence-electron chi connectivity index (χ2n) is 4.02. The number of anilines is 1. The Morgan fingerprint density at radius 3 is 2.59 bits per heavy atom. The number of hydrogen-bond donors (Lipinski definition) is 1. The molecule has 4 nitrogen and oxygen atoms in total. The first-order valence-electron chi connectivity index (χ1n) is 6.39. The number of nitrogens with one attached hydrogen (secondary N) is 1. The van der Waals surface area contributed by atoms with Crippen molar-refractivity contribution in [3.8, 4) is 0 Å². The molecule has 1 rings (SSSR count). The highest BCUT2D eigenvalue weighted by Gasteiger charge is 2.13. The van der Waals surface area contributed by atoms with Gasteiger partial charge >= 0.3 is 0 Å². The van der Waals surface area contributed by atoms with Crippen LogP contribution in [0.3, 0.4) is 0 Å². The van der Waals surface area contributed by atoms with Crippen molar-refractivity contribution in [1.82, 2.24) is 9.97 Å². The fourth-order valence-corrected chi connectivity index (χ4v) is 1.77. The van der Waals surface area contributed by atoms with E-state index in [-0.39, 0.29) is 6.10 Å². The van der Waals surface area contributed by atoms with Crippen LogP contribution in [-0.2, 0) is 11.2 Å². The molecule has 1 unspecified atom stereocenters. The Morgan fingerprint density at radius 2 is 2.06 bits per heavy atom. The molecule has 0 aliphatic heterocycles. The predicted octanol–water partition coefficient (Wildman–Crippen LogP) is 2.96. The quantitative estimate of drug-likeness (QED) is 0.792. The smallest absolute Gasteiger partial charge is 0.159 e. The van der Waals surface area contributed by atoms with Gasteiger partial charge in [-0.2, -0.15) is 0 Å². The van der Waals surface area contributed by atoms with Crippen LogP contribution in [-0.4, -0.2) is 23.6 Å². The Kier molecular flexibility index (Phi) is 5.91. The van der Waals surface area contributed by atoms with E-state index in [1.54, 1.807) is 7.11 Å². The molecule has 1 N–H and O–H groups in total. The average molecular weight is 237 g/mol. The van der Waals surface area contributed by atoms with Crippen LogP contribution in [0.4, 0.5) is 5.82 Å². The van der Waals surface area contributed by atoms with E-state index < -0.39 is 0 Å². The molecule has 0 saturated carbocycles. The molecule has 4 heteroatoms. The molecule has 0 bridgehead atoms. The molecule has 1 atom stereocenters. The average Bonchev–Trinajstić information content (AvgIpc) is 2.31. The Balaban J connectivity index is 3.01. The maximum atomic E-state index is 5.40. The van der Waals surface area contributed by atoms with Crippen LogP contribution in [0.1, 0.15) is 51.2 Å². The van der Waals surface area contributed by atoms with Crippen molar-refractivity contribution >= 4 is 5.82 Å². The second kappa shape index (κ2) is 7.22. The lowest BCUT2D eigenvalue weighted by atomic mass is 10.2. The van der Waals surface area contributed by atoms with Gasteiger partial charge in [0.1, 0.15) is 11.9 Å². The first-order valence-corrected chi connectivity index (χ1v) is 6.39. The van der Waals surface area contributed by atoms with Crippen LogP contribution in [0.15, 0.2) is 6.07 Å². The molecule has 0 radical (unpaired) electrons. The number of ether oxygens (including phenoxy) is 1. The maximum absolute atomic E-state index is 5.40. The van der Waals surface area contributed by atoms with Gasteiger partial charge in [0.2, 0.25) is 0 Å². The number of methoxy groups -OCH3 is 1. The van der Waals surface area contributed by atoms with Gasteiger partial charge in [0, 0.05) is 25.4 Å². The summed E-state index contributed by atoms with van der Waals surface area (Å²) in [6, 6.07) is 2.03. The lowest BCUT2D eigenvalue weighted by Gasteiger charge is -2.14. The molecule has 0 aromatic carbocycles. The summed E-state index contributed by atoms with van der Waals surface area (Å²) in [5.41, 5.74) is 1.09. The molecular formula is C13H23N3O. The van der Waals surface area contributed by atoms with Crippen LogP contribution >= 0.6 is 0 Å². The molecular weight excluding hydrogens is 214 g/mol. The van der Waals surface area contributed by atoms with Gasteiger partial charge in [-0.3, -0.25) is 0 Å². The van der Waals surface area contributed by atoms with Gasteiger partial charge in [0.15, 0.2) is 5.82 Å². The standard InChI is InChI=1S/C13H23N3O/c1-5-8-10-9-12(14-7-3)16-13(15-10)11(6-2)17-4/h9,11H,5-8H2,1-4H3,(H,14,15,16). The molecule has 0 fully saturated rings. The zero-order valence-corrected chi connectivity index (χ0v) is 11.3. The van der Waals surface area contributed by atoms with Crippen LogP contribution in [0.5, 0.6) is 0 Å². The number of rotatable bonds is 7. The summed E-state index contributed by atoms with van der Waals surface area (Å²) in [6.45, 7) is 7.17. The van der Waals surface area contributed by atoms with E-state index in [9.17, 15) is 0 Å². The Labute approximate surface area is 104 Å². The zero-order valence-electron chi connectivity index (χ0n) is 11.3. The van der Waals surface area contributed by atoms with E-state index in [2.05, 4.69) is 36.1 Å². The maximum Gasteiger partial charge on any atom is 0.159 e. The summed E-state index contributed by atoms with van der Waals surface area (Å²) in [5.74, 6) is 1.69. The van der Waals surface area contributed by atoms with E-state index >= 15 is 0 Å². The van der Waals surface area contributed by atoms with Gasteiger partial charge < -0.3 is 10.1 Å². The third kappa shape index (κ3) is 3.97. The largest absolute Gasteiger partial charge is 0.373 e. The number of aryl methyl sites for hydroxylation is 1. The molecule has 1 aromatic heterocycles. The van der Waals surface area contributed by atoms with Gasteiger partial charge in [-0.25, -0.2) is 9.97 Å². The highest BCUT2D eigenvalue weighted by atomic mass is 16.5. The van der Waals surface area contributed by atoms with E-state index in [0.29, 0.717) is 0 Å². The van der Waals surface area contributed by atoms with Crippen LogP contribution in [0.2, 0.25) is 0 Å². The third-order valence-corrected chi connectivity index (χ3v) is 2.60. The lowest BCUT2D eigenvalue weighted by Crippen LogP contribution is -2.11. The Hall–Kier alpha value is -1.16. The zero-order chi connectivity index (χ0) is 12.7. The summed E-state index contributed by atoms with van der Waals surface area (Å²) in [5, 5.41) is 3.24. The van der Waals surface area contributed by atoms with Gasteiger partial charge in [0.05, 0.1) is 0 Å². The lowest BCUT2D eigenvalue weighted by molar-refractivity contribution is 0.0925. The molecule has 1 aromatic rings. The highest BCUT2D eigenvalue weighted by molar-refractivity contribution is 5.36. The summed E-state index contributed by atoms with van der Waals surface area (Å²) in [4.78, 5) is 9.07.